The van der Waals surface area contributed by atoms with Crippen molar-refractivity contribution in [2.24, 2.45) is 5.10 Å². The van der Waals surface area contributed by atoms with Gasteiger partial charge in [0.05, 0.1) is 12.3 Å². The monoisotopic (exact) mass is 354 g/mol. The number of hydrazone groups is 1. The maximum Gasteiger partial charge on any atom is 0.354 e. The molecule has 3 rings (SSSR count). The highest BCUT2D eigenvalue weighted by Crippen LogP contribution is 2.29. The van der Waals surface area contributed by atoms with Crippen molar-refractivity contribution in [3.05, 3.63) is 54.6 Å². The molecule has 26 heavy (non-hydrogen) atoms. The number of anilines is 1. The van der Waals surface area contributed by atoms with E-state index in [0.717, 1.165) is 0 Å². The zero-order chi connectivity index (χ0) is 18.5. The van der Waals surface area contributed by atoms with Crippen LogP contribution < -0.4 is 9.75 Å². The normalized spacial score (nSPS) is 16.1. The maximum absolute atomic E-state index is 11.9. The van der Waals surface area contributed by atoms with Crippen LogP contribution in [0.15, 0.2) is 59.7 Å². The summed E-state index contributed by atoms with van der Waals surface area (Å²) in [5.41, 5.74) is 0.654. The molecule has 134 valence electrons. The van der Waals surface area contributed by atoms with E-state index in [9.17, 15) is 14.7 Å². The number of carboxylic acid groups (broad SMARTS) is 1. The second-order valence-electron chi connectivity index (χ2n) is 5.58. The van der Waals surface area contributed by atoms with Gasteiger partial charge in [-0.05, 0) is 43.3 Å². The van der Waals surface area contributed by atoms with E-state index < -0.39 is 18.0 Å². The molecule has 7 heteroatoms. The van der Waals surface area contributed by atoms with Crippen LogP contribution in [-0.2, 0) is 14.3 Å². The molecule has 0 aromatic heterocycles. The van der Waals surface area contributed by atoms with E-state index in [0.29, 0.717) is 17.2 Å². The Bertz CT molecular complexity index is 818. The van der Waals surface area contributed by atoms with Crippen molar-refractivity contribution in [2.45, 2.75) is 19.4 Å². The van der Waals surface area contributed by atoms with Crippen molar-refractivity contribution >= 4 is 23.3 Å². The molecule has 1 aliphatic heterocycles. The number of hydrogen-bond donors (Lipinski definition) is 1. The van der Waals surface area contributed by atoms with Gasteiger partial charge in [0.1, 0.15) is 17.2 Å². The summed E-state index contributed by atoms with van der Waals surface area (Å²) in [7, 11) is 0. The first-order valence-corrected chi connectivity index (χ1v) is 8.18. The van der Waals surface area contributed by atoms with Crippen molar-refractivity contribution in [3.63, 3.8) is 0 Å². The Morgan fingerprint density at radius 2 is 1.77 bits per heavy atom. The molecule has 0 saturated heterocycles. The van der Waals surface area contributed by atoms with E-state index in [1.807, 2.05) is 30.3 Å². The Morgan fingerprint density at radius 3 is 2.38 bits per heavy atom. The van der Waals surface area contributed by atoms with Crippen molar-refractivity contribution in [1.82, 2.24) is 0 Å². The molecule has 2 aromatic rings. The molecular formula is C19H18N2O5. The first kappa shape index (κ1) is 17.5. The Balaban J connectivity index is 1.79. The van der Waals surface area contributed by atoms with E-state index in [-0.39, 0.29) is 18.7 Å². The predicted octanol–water partition coefficient (Wildman–Crippen LogP) is 3.06. The van der Waals surface area contributed by atoms with Gasteiger partial charge in [0, 0.05) is 6.42 Å². The Kier molecular flexibility index (Phi) is 5.17. The number of aliphatic carboxylic acids is 1. The molecule has 0 unspecified atom stereocenters. The first-order chi connectivity index (χ1) is 12.6. The molecule has 0 aliphatic carbocycles. The summed E-state index contributed by atoms with van der Waals surface area (Å²) in [6, 6.07) is 15.2. The molecule has 1 atom stereocenters. The molecule has 1 N–H and O–H groups in total. The summed E-state index contributed by atoms with van der Waals surface area (Å²) in [6.45, 7) is 1.90. The third-order valence-electron chi connectivity index (χ3n) is 3.79. The minimum atomic E-state index is -1.06. The van der Waals surface area contributed by atoms with Crippen LogP contribution >= 0.6 is 0 Å². The van der Waals surface area contributed by atoms with Gasteiger partial charge in [0.15, 0.2) is 6.04 Å². The number of rotatable bonds is 6. The fourth-order valence-corrected chi connectivity index (χ4v) is 2.57. The van der Waals surface area contributed by atoms with Crippen LogP contribution in [0.3, 0.4) is 0 Å². The van der Waals surface area contributed by atoms with E-state index in [1.165, 1.54) is 5.01 Å². The molecule has 1 heterocycles. The number of carboxylic acids is 1. The van der Waals surface area contributed by atoms with Crippen molar-refractivity contribution in [2.75, 3.05) is 11.6 Å². The molecule has 0 bridgehead atoms. The molecule has 0 saturated carbocycles. The minimum Gasteiger partial charge on any atom is -0.480 e. The third kappa shape index (κ3) is 3.83. The van der Waals surface area contributed by atoms with Gasteiger partial charge in [0.25, 0.3) is 0 Å². The molecule has 7 nitrogen and oxygen atoms in total. The molecule has 2 aromatic carbocycles. The van der Waals surface area contributed by atoms with Crippen LogP contribution in [0.2, 0.25) is 0 Å². The van der Waals surface area contributed by atoms with Gasteiger partial charge in [-0.1, -0.05) is 18.2 Å². The summed E-state index contributed by atoms with van der Waals surface area (Å²) < 4.78 is 10.6. The molecule has 0 amide bonds. The lowest BCUT2D eigenvalue weighted by atomic mass is 10.1. The summed E-state index contributed by atoms with van der Waals surface area (Å²) in [4.78, 5) is 23.4. The zero-order valence-corrected chi connectivity index (χ0v) is 14.2. The fourth-order valence-electron chi connectivity index (χ4n) is 2.57. The topological polar surface area (TPSA) is 88.4 Å². The largest absolute Gasteiger partial charge is 0.480 e. The van der Waals surface area contributed by atoms with Gasteiger partial charge >= 0.3 is 11.9 Å². The van der Waals surface area contributed by atoms with Gasteiger partial charge in [0.2, 0.25) is 0 Å². The Hall–Kier alpha value is -3.35. The summed E-state index contributed by atoms with van der Waals surface area (Å²) in [5, 5.41) is 14.9. The average molecular weight is 354 g/mol. The van der Waals surface area contributed by atoms with Crippen LogP contribution in [0, 0.1) is 0 Å². The third-order valence-corrected chi connectivity index (χ3v) is 3.79. The van der Waals surface area contributed by atoms with Crippen LogP contribution in [0.4, 0.5) is 5.69 Å². The Morgan fingerprint density at radius 1 is 1.12 bits per heavy atom. The summed E-state index contributed by atoms with van der Waals surface area (Å²) >= 11 is 0. The number of carbonyl (C=O) groups is 2. The first-order valence-electron chi connectivity index (χ1n) is 8.18. The van der Waals surface area contributed by atoms with E-state index in [4.69, 9.17) is 9.47 Å². The van der Waals surface area contributed by atoms with Gasteiger partial charge < -0.3 is 14.6 Å². The summed E-state index contributed by atoms with van der Waals surface area (Å²) in [5.74, 6) is -0.337. The van der Waals surface area contributed by atoms with Crippen molar-refractivity contribution < 1.29 is 24.2 Å². The van der Waals surface area contributed by atoms with Crippen LogP contribution in [0.1, 0.15) is 13.3 Å². The number of nitrogens with zero attached hydrogens (tertiary/aromatic N) is 2. The highest BCUT2D eigenvalue weighted by Gasteiger charge is 2.36. The number of benzene rings is 2. The SMILES string of the molecule is CCOC(=O)C1=NN(c2ccc(Oc3ccccc3)cc2)[C@H](C(=O)O)C1. The second kappa shape index (κ2) is 7.69. The lowest BCUT2D eigenvalue weighted by Gasteiger charge is -2.20. The highest BCUT2D eigenvalue weighted by atomic mass is 16.5. The quantitative estimate of drug-likeness (QED) is 0.802. The average Bonchev–Trinajstić information content (AvgIpc) is 3.09. The molecule has 0 radical (unpaired) electrons. The maximum atomic E-state index is 11.9. The number of esters is 1. The van der Waals surface area contributed by atoms with Crippen LogP contribution in [0.25, 0.3) is 0 Å². The fraction of sp³-hybridized carbons (Fsp3) is 0.211. The lowest BCUT2D eigenvalue weighted by Crippen LogP contribution is -2.34. The van der Waals surface area contributed by atoms with Gasteiger partial charge in [-0.3, -0.25) is 5.01 Å². The van der Waals surface area contributed by atoms with E-state index in [2.05, 4.69) is 5.10 Å². The number of para-hydroxylation sites is 1. The van der Waals surface area contributed by atoms with Crippen molar-refractivity contribution in [1.29, 1.82) is 0 Å². The van der Waals surface area contributed by atoms with Gasteiger partial charge in [-0.25, -0.2) is 9.59 Å². The molecule has 0 spiro atoms. The second-order valence-corrected chi connectivity index (χ2v) is 5.58. The van der Waals surface area contributed by atoms with E-state index >= 15 is 0 Å². The van der Waals surface area contributed by atoms with E-state index in [1.54, 1.807) is 31.2 Å². The number of ether oxygens (including phenoxy) is 2. The molecule has 0 fully saturated rings. The van der Waals surface area contributed by atoms with Crippen molar-refractivity contribution in [3.8, 4) is 11.5 Å². The molecule has 1 aliphatic rings. The zero-order valence-electron chi connectivity index (χ0n) is 14.2. The van der Waals surface area contributed by atoms with Gasteiger partial charge in [-0.15, -0.1) is 0 Å². The Labute approximate surface area is 150 Å². The summed E-state index contributed by atoms with van der Waals surface area (Å²) in [6.07, 6.45) is -0.00354. The lowest BCUT2D eigenvalue weighted by molar-refractivity contribution is -0.138. The number of hydrogen-bond acceptors (Lipinski definition) is 6. The standard InChI is InChI=1S/C19H18N2O5/c1-2-25-19(24)16-12-17(18(22)23)21(20-16)13-8-10-15(11-9-13)26-14-6-4-3-5-7-14/h3-11,17H,2,12H2,1H3,(H,22,23)/t17-/m0/s1. The predicted molar refractivity (Wildman–Crippen MR) is 95.5 cm³/mol. The van der Waals surface area contributed by atoms with Gasteiger partial charge in [-0.2, -0.15) is 5.10 Å². The molecular weight excluding hydrogens is 336 g/mol. The smallest absolute Gasteiger partial charge is 0.354 e. The van der Waals surface area contributed by atoms with Crippen LogP contribution in [0.5, 0.6) is 11.5 Å². The number of carbonyl (C=O) groups excluding carboxylic acids is 1. The van der Waals surface area contributed by atoms with Crippen LogP contribution in [-0.4, -0.2) is 35.4 Å². The minimum absolute atomic E-state index is 0.00354. The highest BCUT2D eigenvalue weighted by molar-refractivity contribution is 6.38.